The molecule has 3 aromatic carbocycles. The summed E-state index contributed by atoms with van der Waals surface area (Å²) in [7, 11) is 0. The van der Waals surface area contributed by atoms with Gasteiger partial charge in [0.15, 0.2) is 0 Å². The maximum atomic E-state index is 12.1. The number of benzene rings is 3. The maximum Gasteiger partial charge on any atom is 0.329 e. The molecular weight excluding hydrogens is 414 g/mol. The molecule has 0 aliphatic rings. The number of hydrogen-bond donors (Lipinski definition) is 2. The number of anilines is 1. The van der Waals surface area contributed by atoms with Crippen molar-refractivity contribution in [2.24, 2.45) is 5.10 Å². The van der Waals surface area contributed by atoms with Gasteiger partial charge in [0.05, 0.1) is 6.21 Å². The molecule has 0 radical (unpaired) electrons. The maximum absolute atomic E-state index is 12.1. The van der Waals surface area contributed by atoms with Crippen LogP contribution in [-0.4, -0.2) is 18.0 Å². The van der Waals surface area contributed by atoms with E-state index in [1.165, 1.54) is 6.21 Å². The fourth-order valence-electron chi connectivity index (χ4n) is 2.74. The summed E-state index contributed by atoms with van der Waals surface area (Å²) in [4.78, 5) is 24.0. The van der Waals surface area contributed by atoms with Gasteiger partial charge in [0.1, 0.15) is 12.4 Å². The zero-order chi connectivity index (χ0) is 22.1. The molecule has 0 fully saturated rings. The number of rotatable bonds is 7. The summed E-state index contributed by atoms with van der Waals surface area (Å²) < 4.78 is 5.73. The first-order chi connectivity index (χ1) is 15.0. The Hall–Kier alpha value is -3.64. The van der Waals surface area contributed by atoms with Crippen molar-refractivity contribution in [3.05, 3.63) is 94.5 Å². The normalized spacial score (nSPS) is 10.6. The first-order valence-electron chi connectivity index (χ1n) is 9.74. The Labute approximate surface area is 185 Å². The van der Waals surface area contributed by atoms with Crippen LogP contribution in [0.15, 0.2) is 77.9 Å². The average Bonchev–Trinajstić information content (AvgIpc) is 2.80. The van der Waals surface area contributed by atoms with Gasteiger partial charge < -0.3 is 10.1 Å². The lowest BCUT2D eigenvalue weighted by Gasteiger charge is -2.08. The number of para-hydroxylation sites is 1. The lowest BCUT2D eigenvalue weighted by Crippen LogP contribution is -2.32. The van der Waals surface area contributed by atoms with Crippen LogP contribution in [0.3, 0.4) is 0 Å². The Bertz CT molecular complexity index is 1060. The highest BCUT2D eigenvalue weighted by atomic mass is 35.5. The second-order valence-electron chi connectivity index (χ2n) is 6.65. The fourth-order valence-corrected chi connectivity index (χ4v) is 2.87. The van der Waals surface area contributed by atoms with Gasteiger partial charge in [-0.3, -0.25) is 9.59 Å². The Morgan fingerprint density at radius 1 is 0.968 bits per heavy atom. The molecule has 7 heteroatoms. The Kier molecular flexibility index (Phi) is 7.79. The van der Waals surface area contributed by atoms with Gasteiger partial charge in [-0.15, -0.1) is 0 Å². The molecule has 2 amide bonds. The molecular formula is C24H22ClN3O3. The zero-order valence-corrected chi connectivity index (χ0v) is 17.7. The Morgan fingerprint density at radius 2 is 1.68 bits per heavy atom. The minimum atomic E-state index is -0.843. The fraction of sp³-hybridized carbons (Fsp3) is 0.125. The third-order valence-corrected chi connectivity index (χ3v) is 4.68. The summed E-state index contributed by atoms with van der Waals surface area (Å²) in [5.41, 5.74) is 5.55. The van der Waals surface area contributed by atoms with Crippen molar-refractivity contribution >= 4 is 35.3 Å². The van der Waals surface area contributed by atoms with E-state index in [1.54, 1.807) is 36.4 Å². The molecule has 0 aromatic heterocycles. The first-order valence-corrected chi connectivity index (χ1v) is 10.1. The molecule has 3 rings (SSSR count). The topological polar surface area (TPSA) is 79.8 Å². The number of carbonyl (C=O) groups excluding carboxylic acids is 2. The quantitative estimate of drug-likeness (QED) is 0.324. The second-order valence-corrected chi connectivity index (χ2v) is 7.08. The largest absolute Gasteiger partial charge is 0.489 e. The van der Waals surface area contributed by atoms with E-state index < -0.39 is 11.8 Å². The van der Waals surface area contributed by atoms with Crippen LogP contribution in [0.25, 0.3) is 0 Å². The molecule has 0 bridgehead atoms. The van der Waals surface area contributed by atoms with Crippen LogP contribution in [0.1, 0.15) is 23.6 Å². The van der Waals surface area contributed by atoms with Crippen molar-refractivity contribution < 1.29 is 14.3 Å². The standard InChI is InChI=1S/C24H22ClN3O3/c1-2-19-5-3-4-6-22(19)27-23(29)24(30)28-26-15-17-9-13-21(14-10-17)31-16-18-7-11-20(25)12-8-18/h3-15H,2,16H2,1H3,(H,27,29)(H,28,30). The van der Waals surface area contributed by atoms with Crippen molar-refractivity contribution in [2.45, 2.75) is 20.0 Å². The van der Waals surface area contributed by atoms with E-state index in [9.17, 15) is 9.59 Å². The Morgan fingerprint density at radius 3 is 2.39 bits per heavy atom. The molecule has 31 heavy (non-hydrogen) atoms. The number of carbonyl (C=O) groups is 2. The number of hydrogen-bond acceptors (Lipinski definition) is 4. The molecule has 0 saturated heterocycles. The van der Waals surface area contributed by atoms with Crippen molar-refractivity contribution in [1.82, 2.24) is 5.43 Å². The van der Waals surface area contributed by atoms with Crippen LogP contribution in [0.4, 0.5) is 5.69 Å². The van der Waals surface area contributed by atoms with Crippen molar-refractivity contribution in [3.63, 3.8) is 0 Å². The average molecular weight is 436 g/mol. The Balaban J connectivity index is 1.48. The predicted octanol–water partition coefficient (Wildman–Crippen LogP) is 4.57. The van der Waals surface area contributed by atoms with E-state index in [-0.39, 0.29) is 0 Å². The van der Waals surface area contributed by atoms with E-state index in [4.69, 9.17) is 16.3 Å². The number of hydrazone groups is 1. The number of nitrogens with zero attached hydrogens (tertiary/aromatic N) is 1. The lowest BCUT2D eigenvalue weighted by atomic mass is 10.1. The number of nitrogens with one attached hydrogen (secondary N) is 2. The van der Waals surface area contributed by atoms with Crippen molar-refractivity contribution in [3.8, 4) is 5.75 Å². The summed E-state index contributed by atoms with van der Waals surface area (Å²) in [6.07, 6.45) is 2.20. The first kappa shape index (κ1) is 22.1. The highest BCUT2D eigenvalue weighted by Crippen LogP contribution is 2.16. The van der Waals surface area contributed by atoms with Crippen LogP contribution < -0.4 is 15.5 Å². The molecule has 0 aliphatic carbocycles. The van der Waals surface area contributed by atoms with Crippen LogP contribution in [0.5, 0.6) is 5.75 Å². The molecule has 0 aliphatic heterocycles. The number of aryl methyl sites for hydroxylation is 1. The van der Waals surface area contributed by atoms with Crippen molar-refractivity contribution in [2.75, 3.05) is 5.32 Å². The van der Waals surface area contributed by atoms with Crippen LogP contribution in [0.2, 0.25) is 5.02 Å². The third kappa shape index (κ3) is 6.69. The molecule has 0 unspecified atom stereocenters. The molecule has 0 saturated carbocycles. The monoisotopic (exact) mass is 435 g/mol. The summed E-state index contributed by atoms with van der Waals surface area (Å²) >= 11 is 5.87. The smallest absolute Gasteiger partial charge is 0.329 e. The molecule has 2 N–H and O–H groups in total. The number of ether oxygens (including phenoxy) is 1. The lowest BCUT2D eigenvalue weighted by molar-refractivity contribution is -0.136. The highest BCUT2D eigenvalue weighted by molar-refractivity contribution is 6.39. The molecule has 0 atom stereocenters. The minimum absolute atomic E-state index is 0.428. The van der Waals surface area contributed by atoms with Gasteiger partial charge in [0.2, 0.25) is 0 Å². The number of halogens is 1. The molecule has 158 valence electrons. The number of amides is 2. The van der Waals surface area contributed by atoms with Gasteiger partial charge in [-0.2, -0.15) is 5.10 Å². The predicted molar refractivity (Wildman–Crippen MR) is 122 cm³/mol. The van der Waals surface area contributed by atoms with E-state index >= 15 is 0 Å². The van der Waals surface area contributed by atoms with Gasteiger partial charge in [0, 0.05) is 10.7 Å². The van der Waals surface area contributed by atoms with E-state index in [0.29, 0.717) is 23.1 Å². The van der Waals surface area contributed by atoms with Gasteiger partial charge in [-0.25, -0.2) is 5.43 Å². The van der Waals surface area contributed by atoms with Gasteiger partial charge >= 0.3 is 11.8 Å². The summed E-state index contributed by atoms with van der Waals surface area (Å²) in [5.74, 6) is -0.917. The van der Waals surface area contributed by atoms with Crippen LogP contribution in [-0.2, 0) is 22.6 Å². The van der Waals surface area contributed by atoms with Gasteiger partial charge in [0.25, 0.3) is 0 Å². The highest BCUT2D eigenvalue weighted by Gasteiger charge is 2.14. The van der Waals surface area contributed by atoms with E-state index in [2.05, 4.69) is 15.8 Å². The minimum Gasteiger partial charge on any atom is -0.489 e. The van der Waals surface area contributed by atoms with Crippen molar-refractivity contribution in [1.29, 1.82) is 0 Å². The van der Waals surface area contributed by atoms with Gasteiger partial charge in [-0.05, 0) is 65.6 Å². The zero-order valence-electron chi connectivity index (χ0n) is 17.0. The summed E-state index contributed by atoms with van der Waals surface area (Å²) in [6.45, 7) is 2.40. The van der Waals surface area contributed by atoms with Gasteiger partial charge in [-0.1, -0.05) is 48.9 Å². The third-order valence-electron chi connectivity index (χ3n) is 4.43. The molecule has 0 heterocycles. The summed E-state index contributed by atoms with van der Waals surface area (Å²) in [6, 6.07) is 22.0. The SMILES string of the molecule is CCc1ccccc1NC(=O)C(=O)NN=Cc1ccc(OCc2ccc(Cl)cc2)cc1. The van der Waals surface area contributed by atoms with E-state index in [0.717, 1.165) is 23.1 Å². The van der Waals surface area contributed by atoms with Crippen LogP contribution >= 0.6 is 11.6 Å². The molecule has 0 spiro atoms. The summed E-state index contributed by atoms with van der Waals surface area (Å²) in [5, 5.41) is 7.12. The second kappa shape index (κ2) is 10.9. The van der Waals surface area contributed by atoms with Crippen LogP contribution in [0, 0.1) is 0 Å². The molecule has 6 nitrogen and oxygen atoms in total. The molecule has 3 aromatic rings. The van der Waals surface area contributed by atoms with E-state index in [1.807, 2.05) is 43.3 Å².